The monoisotopic (exact) mass is 262 g/mol. The zero-order valence-corrected chi connectivity index (χ0v) is 11.8. The fraction of sp³-hybridized carbons (Fsp3) is 0.800. The van der Waals surface area contributed by atoms with Gasteiger partial charge in [-0.1, -0.05) is 26.7 Å². The highest BCUT2D eigenvalue weighted by molar-refractivity contribution is 9.12. The van der Waals surface area contributed by atoms with Crippen molar-refractivity contribution in [1.29, 1.82) is 0 Å². The smallest absolute Gasteiger partial charge is 0.192 e. The second-order valence-corrected chi connectivity index (χ2v) is 9.84. The first kappa shape index (κ1) is 13.2. The molecule has 0 rings (SSSR count). The fourth-order valence-corrected chi connectivity index (χ4v) is 1.86. The maximum atomic E-state index is 5.91. The predicted molar refractivity (Wildman–Crippen MR) is 64.5 cm³/mol. The van der Waals surface area contributed by atoms with Crippen molar-refractivity contribution in [3.8, 4) is 10.8 Å². The summed E-state index contributed by atoms with van der Waals surface area (Å²) < 4.78 is 5.91. The highest BCUT2D eigenvalue weighted by Crippen LogP contribution is 2.36. The van der Waals surface area contributed by atoms with Gasteiger partial charge in [-0.2, -0.15) is 0 Å². The molecule has 1 nitrogen and oxygen atoms in total. The van der Waals surface area contributed by atoms with E-state index in [9.17, 15) is 0 Å². The van der Waals surface area contributed by atoms with E-state index in [2.05, 4.69) is 60.5 Å². The molecule has 0 bridgehead atoms. The van der Waals surface area contributed by atoms with Crippen LogP contribution in [0.2, 0.25) is 18.1 Å². The first-order valence-electron chi connectivity index (χ1n) is 4.54. The third kappa shape index (κ3) is 4.85. The van der Waals surface area contributed by atoms with Crippen molar-refractivity contribution in [2.24, 2.45) is 0 Å². The summed E-state index contributed by atoms with van der Waals surface area (Å²) in [7, 11) is -1.54. The minimum absolute atomic E-state index is 0.300. The number of hydrogen-bond donors (Lipinski definition) is 0. The molecular weight excluding hydrogens is 244 g/mol. The van der Waals surface area contributed by atoms with Crippen molar-refractivity contribution in [2.45, 2.75) is 45.3 Å². The Bertz CT molecular complexity index is 207. The van der Waals surface area contributed by atoms with Crippen LogP contribution in [0.4, 0.5) is 0 Å². The molecule has 0 atom stereocenters. The van der Waals surface area contributed by atoms with Gasteiger partial charge >= 0.3 is 0 Å². The maximum absolute atomic E-state index is 5.91. The highest BCUT2D eigenvalue weighted by Gasteiger charge is 2.36. The Hall–Kier alpha value is 0.217. The molecule has 0 aromatic carbocycles. The molecule has 0 aromatic heterocycles. The van der Waals surface area contributed by atoms with Crippen LogP contribution in [0.15, 0.2) is 0 Å². The van der Waals surface area contributed by atoms with Crippen LogP contribution in [0.1, 0.15) is 27.2 Å². The van der Waals surface area contributed by atoms with Crippen LogP contribution in [-0.2, 0) is 4.43 Å². The van der Waals surface area contributed by atoms with Crippen molar-refractivity contribution >= 4 is 24.2 Å². The van der Waals surface area contributed by atoms with Gasteiger partial charge in [-0.25, -0.2) is 0 Å². The van der Waals surface area contributed by atoms with Crippen molar-refractivity contribution in [2.75, 3.05) is 6.61 Å². The van der Waals surface area contributed by atoms with Gasteiger partial charge in [0.15, 0.2) is 8.32 Å². The minimum Gasteiger partial charge on any atom is -0.416 e. The Morgan fingerprint density at radius 2 is 1.85 bits per heavy atom. The van der Waals surface area contributed by atoms with E-state index in [4.69, 9.17) is 4.43 Å². The predicted octanol–water partition coefficient (Wildman–Crippen LogP) is 3.75. The molecule has 76 valence electrons. The van der Waals surface area contributed by atoms with Gasteiger partial charge in [-0.3, -0.25) is 0 Å². The van der Waals surface area contributed by atoms with Crippen molar-refractivity contribution in [3.05, 3.63) is 0 Å². The Labute approximate surface area is 91.5 Å². The van der Waals surface area contributed by atoms with Crippen molar-refractivity contribution in [3.63, 3.8) is 0 Å². The van der Waals surface area contributed by atoms with Crippen LogP contribution in [-0.4, -0.2) is 14.9 Å². The van der Waals surface area contributed by atoms with Gasteiger partial charge in [0.05, 0.1) is 0 Å². The van der Waals surface area contributed by atoms with Crippen molar-refractivity contribution < 1.29 is 4.43 Å². The third-order valence-electron chi connectivity index (χ3n) is 2.56. The molecule has 0 aliphatic heterocycles. The van der Waals surface area contributed by atoms with E-state index in [1.54, 1.807) is 0 Å². The summed E-state index contributed by atoms with van der Waals surface area (Å²) in [6.07, 6.45) is 0.817. The zero-order chi connectivity index (χ0) is 10.5. The lowest BCUT2D eigenvalue weighted by atomic mass is 10.2. The molecule has 0 amide bonds. The quantitative estimate of drug-likeness (QED) is 0.428. The summed E-state index contributed by atoms with van der Waals surface area (Å²) in [6, 6.07) is 0. The van der Waals surface area contributed by atoms with E-state index >= 15 is 0 Å². The summed E-state index contributed by atoms with van der Waals surface area (Å²) >= 11 is 3.06. The molecule has 13 heavy (non-hydrogen) atoms. The van der Waals surface area contributed by atoms with Crippen molar-refractivity contribution in [1.82, 2.24) is 0 Å². The van der Waals surface area contributed by atoms with E-state index in [1.165, 1.54) is 0 Å². The van der Waals surface area contributed by atoms with Crippen LogP contribution in [0.25, 0.3) is 0 Å². The summed E-state index contributed by atoms with van der Waals surface area (Å²) in [5, 5.41) is 0.300. The Morgan fingerprint density at radius 3 is 2.23 bits per heavy atom. The van der Waals surface area contributed by atoms with Crippen LogP contribution < -0.4 is 0 Å². The molecular formula is C10H19BrOSi. The van der Waals surface area contributed by atoms with E-state index in [0.29, 0.717) is 5.04 Å². The summed E-state index contributed by atoms with van der Waals surface area (Å²) in [6.45, 7) is 12.0. The molecule has 0 fully saturated rings. The number of hydrogen-bond acceptors (Lipinski definition) is 1. The summed E-state index contributed by atoms with van der Waals surface area (Å²) in [5.74, 6) is 2.94. The van der Waals surface area contributed by atoms with Gasteiger partial charge < -0.3 is 4.43 Å². The Morgan fingerprint density at radius 1 is 1.31 bits per heavy atom. The Kier molecular flexibility index (Phi) is 5.27. The average molecular weight is 263 g/mol. The van der Waals surface area contributed by atoms with Crippen LogP contribution >= 0.6 is 15.9 Å². The standard InChI is InChI=1S/C10H19BrOSi/c1-10(2,3)13(4,5)12-9-7-6-8-11/h7,9H2,1-5H3. The van der Waals surface area contributed by atoms with Gasteiger partial charge in [0.25, 0.3) is 0 Å². The molecule has 0 aromatic rings. The summed E-state index contributed by atoms with van der Waals surface area (Å²) in [4.78, 5) is 2.69. The lowest BCUT2D eigenvalue weighted by Gasteiger charge is -2.35. The van der Waals surface area contributed by atoms with Gasteiger partial charge in [0.2, 0.25) is 0 Å². The third-order valence-corrected chi connectivity index (χ3v) is 7.38. The molecule has 0 saturated heterocycles. The average Bonchev–Trinajstić information content (AvgIpc) is 1.96. The van der Waals surface area contributed by atoms with Gasteiger partial charge in [-0.05, 0) is 23.0 Å². The minimum atomic E-state index is -1.54. The van der Waals surface area contributed by atoms with Crippen LogP contribution in [0, 0.1) is 10.8 Å². The van der Waals surface area contributed by atoms with Gasteiger partial charge in [-0.15, -0.1) is 0 Å². The van der Waals surface area contributed by atoms with E-state index in [0.717, 1.165) is 13.0 Å². The number of rotatable bonds is 3. The molecule has 0 aliphatic carbocycles. The lowest BCUT2D eigenvalue weighted by molar-refractivity contribution is 0.296. The first-order chi connectivity index (χ1) is 5.81. The topological polar surface area (TPSA) is 9.23 Å². The van der Waals surface area contributed by atoms with Crippen LogP contribution in [0.3, 0.4) is 0 Å². The fourth-order valence-electron chi connectivity index (χ4n) is 0.621. The second-order valence-electron chi connectivity index (χ2n) is 4.63. The molecule has 0 unspecified atom stereocenters. The molecule has 0 spiro atoms. The van der Waals surface area contributed by atoms with E-state index < -0.39 is 8.32 Å². The van der Waals surface area contributed by atoms with E-state index in [-0.39, 0.29) is 0 Å². The maximum Gasteiger partial charge on any atom is 0.192 e. The highest BCUT2D eigenvalue weighted by atomic mass is 79.9. The molecule has 3 heteroatoms. The van der Waals surface area contributed by atoms with Crippen LogP contribution in [0.5, 0.6) is 0 Å². The van der Waals surface area contributed by atoms with Gasteiger partial charge in [0.1, 0.15) is 0 Å². The number of halogens is 1. The molecule has 0 N–H and O–H groups in total. The summed E-state index contributed by atoms with van der Waals surface area (Å²) in [5.41, 5.74) is 0. The molecule has 0 aliphatic rings. The van der Waals surface area contributed by atoms with Gasteiger partial charge in [0, 0.05) is 29.0 Å². The molecule has 0 saturated carbocycles. The zero-order valence-electron chi connectivity index (χ0n) is 9.20. The second kappa shape index (κ2) is 5.19. The lowest BCUT2D eigenvalue weighted by Crippen LogP contribution is -2.40. The first-order valence-corrected chi connectivity index (χ1v) is 8.24. The molecule has 0 heterocycles. The SMILES string of the molecule is CC(C)(C)[Si](C)(C)OCCC#CBr. The largest absolute Gasteiger partial charge is 0.416 e. The molecule has 0 radical (unpaired) electrons. The van der Waals surface area contributed by atoms with E-state index in [1.807, 2.05) is 0 Å². The Balaban J connectivity index is 3.94. The normalized spacial score (nSPS) is 12.2.